The maximum atomic E-state index is 5.67. The fraction of sp³-hybridized carbons (Fsp3) is 1.00. The molecule has 0 fully saturated rings. The van der Waals surface area contributed by atoms with Gasteiger partial charge in [-0.05, 0) is 26.2 Å². The Morgan fingerprint density at radius 2 is 1.47 bits per heavy atom. The topological polar surface area (TPSA) is 27.7 Å². The van der Waals surface area contributed by atoms with E-state index in [1.807, 2.05) is 6.92 Å². The van der Waals surface area contributed by atoms with Crippen molar-refractivity contribution >= 4 is 0 Å². The van der Waals surface area contributed by atoms with E-state index in [1.165, 1.54) is 6.42 Å². The van der Waals surface area contributed by atoms with Crippen molar-refractivity contribution < 1.29 is 14.2 Å². The summed E-state index contributed by atoms with van der Waals surface area (Å²) in [6.45, 7) is 13.5. The third-order valence-corrected chi connectivity index (χ3v) is 2.32. The molecule has 17 heavy (non-hydrogen) atoms. The number of hydrogen-bond acceptors (Lipinski definition) is 3. The van der Waals surface area contributed by atoms with Crippen molar-refractivity contribution in [2.45, 2.75) is 59.7 Å². The molecule has 0 aliphatic heterocycles. The van der Waals surface area contributed by atoms with Gasteiger partial charge in [0.05, 0.1) is 25.4 Å². The minimum Gasteiger partial charge on any atom is -0.379 e. The minimum atomic E-state index is 0.144. The predicted octanol–water partition coefficient (Wildman–Crippen LogP) is 3.27. The molecule has 3 nitrogen and oxygen atoms in total. The zero-order valence-corrected chi connectivity index (χ0v) is 12.2. The van der Waals surface area contributed by atoms with E-state index in [1.54, 1.807) is 0 Å². The van der Waals surface area contributed by atoms with E-state index in [-0.39, 0.29) is 12.2 Å². The van der Waals surface area contributed by atoms with E-state index < -0.39 is 0 Å². The standard InChI is InChI=1S/C14H30O3/c1-6-7-8-16-14(5)11-17-13(4)10-15-9-12(2)3/h12-14H,6-11H2,1-5H3. The van der Waals surface area contributed by atoms with Crippen LogP contribution < -0.4 is 0 Å². The highest BCUT2D eigenvalue weighted by atomic mass is 16.6. The first-order valence-corrected chi connectivity index (χ1v) is 6.87. The molecule has 0 radical (unpaired) electrons. The highest BCUT2D eigenvalue weighted by Crippen LogP contribution is 2.00. The van der Waals surface area contributed by atoms with Crippen LogP contribution in [0.4, 0.5) is 0 Å². The van der Waals surface area contributed by atoms with Crippen LogP contribution in [0.3, 0.4) is 0 Å². The average molecular weight is 246 g/mol. The van der Waals surface area contributed by atoms with Gasteiger partial charge >= 0.3 is 0 Å². The molecule has 0 saturated heterocycles. The molecule has 0 aromatic heterocycles. The van der Waals surface area contributed by atoms with Gasteiger partial charge in [0.2, 0.25) is 0 Å². The average Bonchev–Trinajstić information content (AvgIpc) is 2.26. The van der Waals surface area contributed by atoms with E-state index >= 15 is 0 Å². The van der Waals surface area contributed by atoms with Crippen LogP contribution in [0.2, 0.25) is 0 Å². The Morgan fingerprint density at radius 1 is 0.824 bits per heavy atom. The lowest BCUT2D eigenvalue weighted by Crippen LogP contribution is -2.24. The fourth-order valence-electron chi connectivity index (χ4n) is 1.29. The summed E-state index contributed by atoms with van der Waals surface area (Å²) >= 11 is 0. The maximum absolute atomic E-state index is 5.67. The van der Waals surface area contributed by atoms with Gasteiger partial charge in [-0.2, -0.15) is 0 Å². The van der Waals surface area contributed by atoms with Crippen LogP contribution in [0.15, 0.2) is 0 Å². The second-order valence-corrected chi connectivity index (χ2v) is 5.11. The highest BCUT2D eigenvalue weighted by molar-refractivity contribution is 4.53. The lowest BCUT2D eigenvalue weighted by atomic mass is 10.2. The molecule has 0 aliphatic rings. The van der Waals surface area contributed by atoms with E-state index in [0.29, 0.717) is 19.1 Å². The van der Waals surface area contributed by atoms with Crippen molar-refractivity contribution in [1.82, 2.24) is 0 Å². The van der Waals surface area contributed by atoms with E-state index in [2.05, 4.69) is 27.7 Å². The van der Waals surface area contributed by atoms with Crippen LogP contribution in [0.25, 0.3) is 0 Å². The molecule has 0 aromatic rings. The molecule has 0 bridgehead atoms. The monoisotopic (exact) mass is 246 g/mol. The van der Waals surface area contributed by atoms with E-state index in [4.69, 9.17) is 14.2 Å². The first-order chi connectivity index (χ1) is 8.06. The van der Waals surface area contributed by atoms with Gasteiger partial charge in [0, 0.05) is 13.2 Å². The van der Waals surface area contributed by atoms with Gasteiger partial charge in [-0.25, -0.2) is 0 Å². The predicted molar refractivity (Wildman–Crippen MR) is 71.4 cm³/mol. The molecular formula is C14H30O3. The molecule has 0 aliphatic carbocycles. The van der Waals surface area contributed by atoms with Crippen LogP contribution >= 0.6 is 0 Å². The summed E-state index contributed by atoms with van der Waals surface area (Å²) in [5.41, 5.74) is 0. The summed E-state index contributed by atoms with van der Waals surface area (Å²) in [6.07, 6.45) is 2.62. The second-order valence-electron chi connectivity index (χ2n) is 5.11. The van der Waals surface area contributed by atoms with E-state index in [9.17, 15) is 0 Å². The lowest BCUT2D eigenvalue weighted by molar-refractivity contribution is -0.0597. The smallest absolute Gasteiger partial charge is 0.0781 e. The Balaban J connectivity index is 3.38. The number of ether oxygens (including phenoxy) is 3. The van der Waals surface area contributed by atoms with Gasteiger partial charge in [-0.15, -0.1) is 0 Å². The number of unbranched alkanes of at least 4 members (excludes halogenated alkanes) is 1. The normalized spacial score (nSPS) is 15.2. The number of hydrogen-bond donors (Lipinski definition) is 0. The highest BCUT2D eigenvalue weighted by Gasteiger charge is 2.07. The first-order valence-electron chi connectivity index (χ1n) is 6.87. The lowest BCUT2D eigenvalue weighted by Gasteiger charge is -2.18. The van der Waals surface area contributed by atoms with Crippen LogP contribution in [0.5, 0.6) is 0 Å². The van der Waals surface area contributed by atoms with Gasteiger partial charge in [-0.1, -0.05) is 27.2 Å². The zero-order valence-electron chi connectivity index (χ0n) is 12.2. The molecule has 0 heterocycles. The summed E-state index contributed by atoms with van der Waals surface area (Å²) < 4.78 is 16.8. The Bertz CT molecular complexity index is 160. The van der Waals surface area contributed by atoms with Gasteiger partial charge in [0.15, 0.2) is 0 Å². The first kappa shape index (κ1) is 16.9. The van der Waals surface area contributed by atoms with Crippen LogP contribution in [-0.4, -0.2) is 38.6 Å². The summed E-state index contributed by atoms with van der Waals surface area (Å²) in [5, 5.41) is 0. The molecule has 2 unspecified atom stereocenters. The Labute approximate surface area is 107 Å². The summed E-state index contributed by atoms with van der Waals surface area (Å²) in [5.74, 6) is 0.582. The van der Waals surface area contributed by atoms with E-state index in [0.717, 1.165) is 19.6 Å². The van der Waals surface area contributed by atoms with Gasteiger partial charge in [0.1, 0.15) is 0 Å². The van der Waals surface area contributed by atoms with Crippen molar-refractivity contribution in [2.75, 3.05) is 26.4 Å². The van der Waals surface area contributed by atoms with Crippen molar-refractivity contribution in [3.63, 3.8) is 0 Å². The third-order valence-electron chi connectivity index (χ3n) is 2.32. The molecule has 0 amide bonds. The second kappa shape index (κ2) is 11.0. The summed E-state index contributed by atoms with van der Waals surface area (Å²) in [7, 11) is 0. The SMILES string of the molecule is CCCCOC(C)COC(C)COCC(C)C. The van der Waals surface area contributed by atoms with Crippen LogP contribution in [0.1, 0.15) is 47.5 Å². The summed E-state index contributed by atoms with van der Waals surface area (Å²) in [4.78, 5) is 0. The quantitative estimate of drug-likeness (QED) is 0.524. The molecule has 0 saturated carbocycles. The third kappa shape index (κ3) is 12.1. The van der Waals surface area contributed by atoms with Crippen molar-refractivity contribution in [2.24, 2.45) is 5.92 Å². The molecule has 2 atom stereocenters. The van der Waals surface area contributed by atoms with Gasteiger partial charge in [0.25, 0.3) is 0 Å². The number of rotatable bonds is 11. The molecule has 0 rings (SSSR count). The van der Waals surface area contributed by atoms with Crippen molar-refractivity contribution in [3.05, 3.63) is 0 Å². The minimum absolute atomic E-state index is 0.144. The maximum Gasteiger partial charge on any atom is 0.0781 e. The van der Waals surface area contributed by atoms with Crippen LogP contribution in [-0.2, 0) is 14.2 Å². The largest absolute Gasteiger partial charge is 0.379 e. The van der Waals surface area contributed by atoms with Gasteiger partial charge in [-0.3, -0.25) is 0 Å². The van der Waals surface area contributed by atoms with Crippen molar-refractivity contribution in [3.8, 4) is 0 Å². The Kier molecular flexibility index (Phi) is 10.9. The Hall–Kier alpha value is -0.120. The van der Waals surface area contributed by atoms with Crippen molar-refractivity contribution in [1.29, 1.82) is 0 Å². The van der Waals surface area contributed by atoms with Crippen LogP contribution in [0, 0.1) is 5.92 Å². The molecule has 0 aromatic carbocycles. The molecular weight excluding hydrogens is 216 g/mol. The fourth-order valence-corrected chi connectivity index (χ4v) is 1.29. The molecule has 0 N–H and O–H groups in total. The zero-order chi connectivity index (χ0) is 13.1. The molecule has 3 heteroatoms. The molecule has 0 spiro atoms. The summed E-state index contributed by atoms with van der Waals surface area (Å²) in [6, 6.07) is 0. The Morgan fingerprint density at radius 3 is 2.06 bits per heavy atom. The van der Waals surface area contributed by atoms with Gasteiger partial charge < -0.3 is 14.2 Å². The molecule has 104 valence electrons.